The van der Waals surface area contributed by atoms with Gasteiger partial charge in [0.05, 0.1) is 0 Å². The molecule has 5 nitrogen and oxygen atoms in total. The van der Waals surface area contributed by atoms with Crippen molar-refractivity contribution in [3.8, 4) is 0 Å². The van der Waals surface area contributed by atoms with Gasteiger partial charge < -0.3 is 20.6 Å². The van der Waals surface area contributed by atoms with E-state index in [2.05, 4.69) is 11.8 Å². The fraction of sp³-hybridized carbons (Fsp3) is 0.667. The molecule has 0 radical (unpaired) electrons. The van der Waals surface area contributed by atoms with Crippen molar-refractivity contribution in [2.24, 2.45) is 5.73 Å². The summed E-state index contributed by atoms with van der Waals surface area (Å²) < 4.78 is 0. The van der Waals surface area contributed by atoms with Crippen LogP contribution in [0, 0.1) is 0 Å². The van der Waals surface area contributed by atoms with Crippen molar-refractivity contribution in [3.05, 3.63) is 0 Å². The van der Waals surface area contributed by atoms with Crippen molar-refractivity contribution in [1.82, 2.24) is 0 Å². The molecule has 0 heterocycles. The molecule has 0 aromatic heterocycles. The van der Waals surface area contributed by atoms with Crippen molar-refractivity contribution in [2.75, 3.05) is 6.16 Å². The van der Waals surface area contributed by atoms with E-state index in [1.54, 1.807) is 0 Å². The molecule has 0 aliphatic heterocycles. The molecule has 1 unspecified atom stereocenters. The number of nitrogens with two attached hydrogens (primary N) is 1. The van der Waals surface area contributed by atoms with Crippen LogP contribution in [0.3, 0.4) is 0 Å². The van der Waals surface area contributed by atoms with Gasteiger partial charge in [-0.25, -0.2) is 0 Å². The van der Waals surface area contributed by atoms with Crippen molar-refractivity contribution >= 4 is 24.3 Å². The Morgan fingerprint density at radius 3 is 2.20 bits per heavy atom. The lowest BCUT2D eigenvalue weighted by Crippen LogP contribution is -2.33. The van der Waals surface area contributed by atoms with Crippen LogP contribution < -0.4 is 5.73 Å². The minimum atomic E-state index is -3.45. The van der Waals surface area contributed by atoms with E-state index in [0.717, 1.165) is 0 Å². The standard InChI is InChI=1S/C3H8NO4PS/c4-2(3(5)6)1-9(7,8)10/h2H,1,4H2,(H,5,6)(H2,7,8,10). The lowest BCUT2D eigenvalue weighted by Gasteiger charge is -2.09. The third kappa shape index (κ3) is 4.84. The van der Waals surface area contributed by atoms with Crippen molar-refractivity contribution in [1.29, 1.82) is 0 Å². The molecule has 0 spiro atoms. The fourth-order valence-electron chi connectivity index (χ4n) is 0.334. The van der Waals surface area contributed by atoms with Gasteiger partial charge in [0, 0.05) is 6.16 Å². The summed E-state index contributed by atoms with van der Waals surface area (Å²) in [6, 6.07) is -1.28. The highest BCUT2D eigenvalue weighted by Gasteiger charge is 2.19. The van der Waals surface area contributed by atoms with E-state index in [1.807, 2.05) is 0 Å². The van der Waals surface area contributed by atoms with Crippen LogP contribution in [0.5, 0.6) is 0 Å². The Balaban J connectivity index is 3.93. The summed E-state index contributed by atoms with van der Waals surface area (Å²) in [6.45, 7) is -3.45. The van der Waals surface area contributed by atoms with Gasteiger partial charge in [-0.2, -0.15) is 0 Å². The lowest BCUT2D eigenvalue weighted by atomic mass is 10.4. The molecule has 7 heteroatoms. The quantitative estimate of drug-likeness (QED) is 0.407. The van der Waals surface area contributed by atoms with Crippen molar-refractivity contribution < 1.29 is 19.7 Å². The van der Waals surface area contributed by atoms with Crippen LogP contribution in [0.4, 0.5) is 0 Å². The summed E-state index contributed by atoms with van der Waals surface area (Å²) in [7, 11) is 0. The highest BCUT2D eigenvalue weighted by atomic mass is 32.5. The van der Waals surface area contributed by atoms with Crippen LogP contribution in [-0.2, 0) is 16.6 Å². The monoisotopic (exact) mass is 185 g/mol. The van der Waals surface area contributed by atoms with Gasteiger partial charge in [0.2, 0.25) is 0 Å². The summed E-state index contributed by atoms with van der Waals surface area (Å²) in [5, 5.41) is 8.17. The Bertz CT molecular complexity index is 177. The van der Waals surface area contributed by atoms with Gasteiger partial charge >= 0.3 is 5.97 Å². The van der Waals surface area contributed by atoms with E-state index in [9.17, 15) is 4.79 Å². The highest BCUT2D eigenvalue weighted by Crippen LogP contribution is 2.34. The molecular weight excluding hydrogens is 177 g/mol. The second-order valence-corrected chi connectivity index (χ2v) is 5.24. The lowest BCUT2D eigenvalue weighted by molar-refractivity contribution is -0.138. The Morgan fingerprint density at radius 2 is 2.10 bits per heavy atom. The van der Waals surface area contributed by atoms with Crippen LogP contribution in [0.2, 0.25) is 0 Å². The van der Waals surface area contributed by atoms with Gasteiger partial charge in [-0.05, 0) is 11.8 Å². The smallest absolute Gasteiger partial charge is 0.321 e. The summed E-state index contributed by atoms with van der Waals surface area (Å²) >= 11 is 4.16. The van der Waals surface area contributed by atoms with Crippen LogP contribution in [0.15, 0.2) is 0 Å². The van der Waals surface area contributed by atoms with E-state index in [0.29, 0.717) is 0 Å². The Kier molecular flexibility index (Phi) is 3.41. The molecular formula is C3H8NO4PS. The topological polar surface area (TPSA) is 104 Å². The van der Waals surface area contributed by atoms with Crippen molar-refractivity contribution in [2.45, 2.75) is 6.04 Å². The number of carboxylic acid groups (broad SMARTS) is 1. The van der Waals surface area contributed by atoms with Gasteiger partial charge in [0.25, 0.3) is 0 Å². The maximum absolute atomic E-state index is 10.0. The summed E-state index contributed by atoms with van der Waals surface area (Å²) in [5.74, 6) is -1.28. The van der Waals surface area contributed by atoms with E-state index >= 15 is 0 Å². The second-order valence-electron chi connectivity index (χ2n) is 1.79. The number of carbonyl (C=O) groups is 1. The number of carboxylic acids is 1. The number of aliphatic carboxylic acids is 1. The molecule has 60 valence electrons. The zero-order valence-corrected chi connectivity index (χ0v) is 6.68. The first-order chi connectivity index (χ1) is 4.33. The summed E-state index contributed by atoms with van der Waals surface area (Å²) in [6.07, 6.45) is -0.447. The first-order valence-corrected chi connectivity index (χ1v) is 5.25. The first-order valence-electron chi connectivity index (χ1n) is 2.36. The molecule has 0 aliphatic carbocycles. The average molecular weight is 185 g/mol. The maximum atomic E-state index is 10.0. The van der Waals surface area contributed by atoms with Crippen LogP contribution >= 0.6 is 6.49 Å². The molecule has 0 rings (SSSR count). The fourth-order valence-corrected chi connectivity index (χ4v) is 1.48. The zero-order chi connectivity index (χ0) is 8.36. The van der Waals surface area contributed by atoms with Crippen LogP contribution in [-0.4, -0.2) is 33.1 Å². The number of rotatable bonds is 3. The minimum absolute atomic E-state index is 0.447. The molecule has 0 aromatic carbocycles. The predicted octanol–water partition coefficient (Wildman–Crippen LogP) is -1.31. The third-order valence-corrected chi connectivity index (χ3v) is 2.07. The maximum Gasteiger partial charge on any atom is 0.321 e. The number of hydrogen-bond acceptors (Lipinski definition) is 3. The van der Waals surface area contributed by atoms with E-state index in [1.165, 1.54) is 0 Å². The molecule has 0 amide bonds. The summed E-state index contributed by atoms with van der Waals surface area (Å²) in [4.78, 5) is 27.2. The molecule has 5 N–H and O–H groups in total. The molecule has 0 aliphatic rings. The largest absolute Gasteiger partial charge is 0.480 e. The third-order valence-electron chi connectivity index (χ3n) is 0.752. The second kappa shape index (κ2) is 3.41. The van der Waals surface area contributed by atoms with E-state index < -0.39 is 24.7 Å². The molecule has 0 saturated heterocycles. The highest BCUT2D eigenvalue weighted by molar-refractivity contribution is 8.09. The molecule has 0 fully saturated rings. The normalized spacial score (nSPS) is 14.7. The Hall–Kier alpha value is 0. The first kappa shape index (κ1) is 10.0. The average Bonchev–Trinajstić information content (AvgIpc) is 1.60. The van der Waals surface area contributed by atoms with E-state index in [-0.39, 0.29) is 0 Å². The Labute approximate surface area is 62.6 Å². The zero-order valence-electron chi connectivity index (χ0n) is 4.97. The van der Waals surface area contributed by atoms with Crippen LogP contribution in [0.1, 0.15) is 0 Å². The predicted molar refractivity (Wildman–Crippen MR) is 39.2 cm³/mol. The van der Waals surface area contributed by atoms with Crippen molar-refractivity contribution in [3.63, 3.8) is 0 Å². The molecule has 0 saturated carbocycles. The van der Waals surface area contributed by atoms with Crippen LogP contribution in [0.25, 0.3) is 0 Å². The molecule has 10 heavy (non-hydrogen) atoms. The number of hydrogen-bond donors (Lipinski definition) is 4. The Morgan fingerprint density at radius 1 is 1.70 bits per heavy atom. The van der Waals surface area contributed by atoms with Gasteiger partial charge in [-0.1, -0.05) is 0 Å². The van der Waals surface area contributed by atoms with E-state index in [4.69, 9.17) is 20.6 Å². The summed E-state index contributed by atoms with van der Waals surface area (Å²) in [5.41, 5.74) is 4.94. The molecule has 1 atom stereocenters. The minimum Gasteiger partial charge on any atom is -0.480 e. The SMILES string of the molecule is NC(CP(O)(O)=S)C(=O)O. The molecule has 0 aromatic rings. The van der Waals surface area contributed by atoms with Gasteiger partial charge in [-0.3, -0.25) is 4.79 Å². The van der Waals surface area contributed by atoms with Gasteiger partial charge in [0.15, 0.2) is 6.49 Å². The van der Waals surface area contributed by atoms with Gasteiger partial charge in [0.1, 0.15) is 6.04 Å². The molecule has 0 bridgehead atoms. The van der Waals surface area contributed by atoms with Gasteiger partial charge in [-0.15, -0.1) is 0 Å².